The highest BCUT2D eigenvalue weighted by Crippen LogP contribution is 2.28. The third-order valence-corrected chi connectivity index (χ3v) is 7.18. The molecule has 2 aromatic rings. The molecule has 25 heavy (non-hydrogen) atoms. The summed E-state index contributed by atoms with van der Waals surface area (Å²) in [6, 6.07) is 12.2. The van der Waals surface area contributed by atoms with Gasteiger partial charge in [0.2, 0.25) is 10.0 Å². The van der Waals surface area contributed by atoms with Crippen molar-refractivity contribution < 1.29 is 8.42 Å². The van der Waals surface area contributed by atoms with Crippen LogP contribution in [0.1, 0.15) is 5.56 Å². The van der Waals surface area contributed by atoms with Gasteiger partial charge < -0.3 is 0 Å². The molecule has 0 atom stereocenters. The van der Waals surface area contributed by atoms with Crippen LogP contribution in [0, 0.1) is 0 Å². The van der Waals surface area contributed by atoms with Crippen molar-refractivity contribution in [3.05, 3.63) is 63.1 Å². The second kappa shape index (κ2) is 7.82. The molecular formula is C17H17Cl3N2O2S. The van der Waals surface area contributed by atoms with Gasteiger partial charge in [-0.15, -0.1) is 0 Å². The Kier molecular flexibility index (Phi) is 5.93. The number of piperazine rings is 1. The predicted octanol–water partition coefficient (Wildman–Crippen LogP) is 4.15. The van der Waals surface area contributed by atoms with Gasteiger partial charge in [-0.25, -0.2) is 8.42 Å². The van der Waals surface area contributed by atoms with Crippen LogP contribution in [-0.4, -0.2) is 43.8 Å². The maximum Gasteiger partial charge on any atom is 0.244 e. The molecule has 4 nitrogen and oxygen atoms in total. The lowest BCUT2D eigenvalue weighted by molar-refractivity contribution is 0.181. The summed E-state index contributed by atoms with van der Waals surface area (Å²) >= 11 is 18.2. The van der Waals surface area contributed by atoms with Crippen LogP contribution >= 0.6 is 34.8 Å². The van der Waals surface area contributed by atoms with Crippen LogP contribution in [0.3, 0.4) is 0 Å². The van der Waals surface area contributed by atoms with E-state index >= 15 is 0 Å². The van der Waals surface area contributed by atoms with Gasteiger partial charge in [-0.1, -0.05) is 53.0 Å². The van der Waals surface area contributed by atoms with Crippen LogP contribution in [0.25, 0.3) is 0 Å². The Morgan fingerprint density at radius 2 is 1.56 bits per heavy atom. The van der Waals surface area contributed by atoms with Crippen LogP contribution < -0.4 is 0 Å². The zero-order chi connectivity index (χ0) is 18.0. The van der Waals surface area contributed by atoms with E-state index in [0.717, 1.165) is 10.6 Å². The van der Waals surface area contributed by atoms with E-state index in [9.17, 15) is 8.42 Å². The van der Waals surface area contributed by atoms with E-state index in [1.165, 1.54) is 16.4 Å². The molecule has 0 N–H and O–H groups in total. The minimum absolute atomic E-state index is 0.0567. The molecule has 1 fully saturated rings. The summed E-state index contributed by atoms with van der Waals surface area (Å²) in [7, 11) is -3.66. The summed E-state index contributed by atoms with van der Waals surface area (Å²) in [4.78, 5) is 2.24. The maximum atomic E-state index is 12.8. The first-order valence-electron chi connectivity index (χ1n) is 7.79. The Balaban J connectivity index is 1.69. The Bertz CT molecular complexity index is 866. The van der Waals surface area contributed by atoms with Gasteiger partial charge in [0.05, 0.1) is 5.02 Å². The zero-order valence-electron chi connectivity index (χ0n) is 13.3. The number of hydrogen-bond donors (Lipinski definition) is 0. The molecule has 2 aromatic carbocycles. The molecule has 8 heteroatoms. The minimum atomic E-state index is -3.66. The molecular weight excluding hydrogens is 403 g/mol. The lowest BCUT2D eigenvalue weighted by atomic mass is 10.2. The first-order chi connectivity index (χ1) is 11.9. The number of hydrogen-bond acceptors (Lipinski definition) is 3. The SMILES string of the molecule is O=S(=O)(c1cc(Cl)ccc1Cl)N1CCN(Cc2ccccc2Cl)CC1. The summed E-state index contributed by atoms with van der Waals surface area (Å²) < 4.78 is 27.1. The first kappa shape index (κ1) is 19.0. The third kappa shape index (κ3) is 4.30. The molecule has 0 radical (unpaired) electrons. The predicted molar refractivity (Wildman–Crippen MR) is 102 cm³/mol. The average Bonchev–Trinajstić information content (AvgIpc) is 2.59. The molecule has 0 saturated carbocycles. The third-order valence-electron chi connectivity index (χ3n) is 4.19. The zero-order valence-corrected chi connectivity index (χ0v) is 16.4. The number of rotatable bonds is 4. The van der Waals surface area contributed by atoms with Crippen LogP contribution in [0.15, 0.2) is 47.4 Å². The molecule has 0 aliphatic carbocycles. The standard InChI is InChI=1S/C17H17Cl3N2O2S/c18-14-5-6-16(20)17(11-14)25(23,24)22-9-7-21(8-10-22)12-13-3-1-2-4-15(13)19/h1-6,11H,7-10,12H2. The van der Waals surface area contributed by atoms with E-state index in [1.807, 2.05) is 24.3 Å². The molecule has 0 amide bonds. The number of sulfonamides is 1. The summed E-state index contributed by atoms with van der Waals surface area (Å²) in [6.45, 7) is 2.75. The van der Waals surface area contributed by atoms with Gasteiger partial charge in [-0.2, -0.15) is 4.31 Å². The minimum Gasteiger partial charge on any atom is -0.296 e. The second-order valence-electron chi connectivity index (χ2n) is 5.85. The van der Waals surface area contributed by atoms with Gasteiger partial charge in [0, 0.05) is 42.8 Å². The molecule has 1 aliphatic rings. The van der Waals surface area contributed by atoms with Gasteiger partial charge >= 0.3 is 0 Å². The van der Waals surface area contributed by atoms with Gasteiger partial charge in [0.1, 0.15) is 4.90 Å². The fourth-order valence-corrected chi connectivity index (χ4v) is 5.16. The topological polar surface area (TPSA) is 40.6 Å². The van der Waals surface area contributed by atoms with Gasteiger partial charge in [0.15, 0.2) is 0 Å². The van der Waals surface area contributed by atoms with Crippen molar-refractivity contribution in [1.82, 2.24) is 9.21 Å². The van der Waals surface area contributed by atoms with Crippen molar-refractivity contribution in [2.75, 3.05) is 26.2 Å². The first-order valence-corrected chi connectivity index (χ1v) is 10.4. The highest BCUT2D eigenvalue weighted by Gasteiger charge is 2.30. The van der Waals surface area contributed by atoms with E-state index < -0.39 is 10.0 Å². The summed E-state index contributed by atoms with van der Waals surface area (Å²) in [5.41, 5.74) is 1.04. The smallest absolute Gasteiger partial charge is 0.244 e. The highest BCUT2D eigenvalue weighted by molar-refractivity contribution is 7.89. The molecule has 1 heterocycles. The van der Waals surface area contributed by atoms with Crippen LogP contribution in [-0.2, 0) is 16.6 Å². The Morgan fingerprint density at radius 1 is 0.880 bits per heavy atom. The van der Waals surface area contributed by atoms with Crippen molar-refractivity contribution in [2.24, 2.45) is 0 Å². The van der Waals surface area contributed by atoms with Gasteiger partial charge in [-0.05, 0) is 29.8 Å². The maximum absolute atomic E-state index is 12.8. The van der Waals surface area contributed by atoms with E-state index in [4.69, 9.17) is 34.8 Å². The molecule has 0 spiro atoms. The Hall–Kier alpha value is -0.820. The summed E-state index contributed by atoms with van der Waals surface area (Å²) in [5.74, 6) is 0. The average molecular weight is 420 g/mol. The number of benzene rings is 2. The largest absolute Gasteiger partial charge is 0.296 e. The normalized spacial score (nSPS) is 16.9. The van der Waals surface area contributed by atoms with Gasteiger partial charge in [0.25, 0.3) is 0 Å². The van der Waals surface area contributed by atoms with Crippen molar-refractivity contribution in [1.29, 1.82) is 0 Å². The quantitative estimate of drug-likeness (QED) is 0.747. The molecule has 0 aromatic heterocycles. The Morgan fingerprint density at radius 3 is 2.24 bits per heavy atom. The number of nitrogens with zero attached hydrogens (tertiary/aromatic N) is 2. The second-order valence-corrected chi connectivity index (χ2v) is 9.00. The van der Waals surface area contributed by atoms with Crippen LogP contribution in [0.4, 0.5) is 0 Å². The van der Waals surface area contributed by atoms with Crippen molar-refractivity contribution >= 4 is 44.8 Å². The monoisotopic (exact) mass is 418 g/mol. The molecule has 134 valence electrons. The number of halogens is 3. The molecule has 1 aliphatic heterocycles. The Labute approximate surface area is 162 Å². The van der Waals surface area contributed by atoms with Crippen molar-refractivity contribution in [3.8, 4) is 0 Å². The van der Waals surface area contributed by atoms with E-state index in [-0.39, 0.29) is 9.92 Å². The summed E-state index contributed by atoms with van der Waals surface area (Å²) in [6.07, 6.45) is 0. The van der Waals surface area contributed by atoms with E-state index in [0.29, 0.717) is 37.7 Å². The van der Waals surface area contributed by atoms with Gasteiger partial charge in [-0.3, -0.25) is 4.90 Å². The van der Waals surface area contributed by atoms with Crippen molar-refractivity contribution in [2.45, 2.75) is 11.4 Å². The van der Waals surface area contributed by atoms with Crippen LogP contribution in [0.2, 0.25) is 15.1 Å². The molecule has 0 unspecified atom stereocenters. The van der Waals surface area contributed by atoms with Crippen molar-refractivity contribution in [3.63, 3.8) is 0 Å². The van der Waals surface area contributed by atoms with E-state index in [1.54, 1.807) is 6.07 Å². The highest BCUT2D eigenvalue weighted by atomic mass is 35.5. The van der Waals surface area contributed by atoms with Crippen LogP contribution in [0.5, 0.6) is 0 Å². The molecule has 0 bridgehead atoms. The van der Waals surface area contributed by atoms with E-state index in [2.05, 4.69) is 4.90 Å². The molecule has 1 saturated heterocycles. The fourth-order valence-electron chi connectivity index (χ4n) is 2.81. The fraction of sp³-hybridized carbons (Fsp3) is 0.294. The lowest BCUT2D eigenvalue weighted by Gasteiger charge is -2.34. The summed E-state index contributed by atoms with van der Waals surface area (Å²) in [5, 5.41) is 1.26. The molecule has 3 rings (SSSR count). The lowest BCUT2D eigenvalue weighted by Crippen LogP contribution is -2.48.